The number of primary amides is 1. The number of rotatable bonds is 8. The molecule has 0 aliphatic heterocycles. The van der Waals surface area contributed by atoms with Gasteiger partial charge < -0.3 is 25.2 Å². The largest absolute Gasteiger partial charge is 0.491 e. The van der Waals surface area contributed by atoms with Crippen LogP contribution in [0.2, 0.25) is 0 Å². The van der Waals surface area contributed by atoms with Gasteiger partial charge in [-0.05, 0) is 56.7 Å². The van der Waals surface area contributed by atoms with Crippen molar-refractivity contribution >= 4 is 18.0 Å². The van der Waals surface area contributed by atoms with Gasteiger partial charge in [-0.1, -0.05) is 18.8 Å². The molecule has 0 radical (unpaired) electrons. The van der Waals surface area contributed by atoms with Crippen LogP contribution in [0, 0.1) is 23.5 Å². The number of carbonyl (C=O) groups is 2. The van der Waals surface area contributed by atoms with E-state index in [1.54, 1.807) is 33.0 Å². The van der Waals surface area contributed by atoms with Crippen LogP contribution in [0.25, 0.3) is 0 Å². The van der Waals surface area contributed by atoms with Crippen LogP contribution in [0.1, 0.15) is 43.2 Å². The van der Waals surface area contributed by atoms with Gasteiger partial charge in [-0.25, -0.2) is 8.78 Å². The van der Waals surface area contributed by atoms with E-state index in [0.717, 1.165) is 30.5 Å². The molecule has 3 rings (SSSR count). The fourth-order valence-electron chi connectivity index (χ4n) is 2.78. The quantitative estimate of drug-likeness (QED) is 0.332. The zero-order valence-electron chi connectivity index (χ0n) is 21.5. The van der Waals surface area contributed by atoms with Gasteiger partial charge in [0.2, 0.25) is 6.41 Å². The van der Waals surface area contributed by atoms with Crippen LogP contribution in [-0.2, 0) is 4.79 Å². The van der Waals surface area contributed by atoms with E-state index in [1.807, 2.05) is 13.0 Å². The van der Waals surface area contributed by atoms with Gasteiger partial charge in [0.1, 0.15) is 28.6 Å². The Morgan fingerprint density at radius 3 is 2.47 bits per heavy atom. The monoisotopic (exact) mass is 525 g/mol. The summed E-state index contributed by atoms with van der Waals surface area (Å²) in [6.07, 6.45) is 2.92. The van der Waals surface area contributed by atoms with E-state index in [2.05, 4.69) is 16.8 Å². The van der Waals surface area contributed by atoms with Crippen molar-refractivity contribution < 1.29 is 33.0 Å². The number of hydrogen-bond acceptors (Lipinski definition) is 6. The van der Waals surface area contributed by atoms with Gasteiger partial charge in [-0.15, -0.1) is 0 Å². The summed E-state index contributed by atoms with van der Waals surface area (Å²) in [6, 6.07) is 11.0. The molecule has 8 nitrogen and oxygen atoms in total. The number of amides is 2. The predicted molar refractivity (Wildman–Crippen MR) is 139 cm³/mol. The number of aliphatic hydroxyl groups is 1. The number of pyridine rings is 1. The maximum Gasteiger partial charge on any atom is 0.267 e. The molecule has 0 saturated heterocycles. The maximum atomic E-state index is 13.3. The first-order valence-electron chi connectivity index (χ1n) is 11.5. The number of aromatic nitrogens is 1. The highest BCUT2D eigenvalue weighted by Gasteiger charge is 2.11. The minimum atomic E-state index is -1.05. The van der Waals surface area contributed by atoms with E-state index in [-0.39, 0.29) is 17.2 Å². The smallest absolute Gasteiger partial charge is 0.267 e. The van der Waals surface area contributed by atoms with Gasteiger partial charge in [0.25, 0.3) is 5.91 Å². The van der Waals surface area contributed by atoms with Crippen molar-refractivity contribution in [3.63, 3.8) is 0 Å². The lowest BCUT2D eigenvalue weighted by Crippen LogP contribution is -2.16. The van der Waals surface area contributed by atoms with E-state index in [1.165, 1.54) is 23.2 Å². The fourth-order valence-corrected chi connectivity index (χ4v) is 2.78. The molecule has 0 atom stereocenters. The molecule has 2 aromatic carbocycles. The molecule has 38 heavy (non-hydrogen) atoms. The Balaban J connectivity index is 0.000000268. The van der Waals surface area contributed by atoms with Crippen LogP contribution in [0.5, 0.6) is 17.2 Å². The van der Waals surface area contributed by atoms with E-state index >= 15 is 0 Å². The lowest BCUT2D eigenvalue weighted by atomic mass is 10.1. The SMILES string of the molecule is CCCOc1ccc(C#CC(C)(C)O)cc1N(C)C=O.NC(=O)c1cc(Oc2ccc(F)cc2F)ccn1. The number of halogens is 2. The summed E-state index contributed by atoms with van der Waals surface area (Å²) in [7, 11) is 1.66. The molecular formula is C28H29F2N3O5. The van der Waals surface area contributed by atoms with Crippen LogP contribution in [0.15, 0.2) is 54.7 Å². The molecule has 3 aromatic rings. The molecule has 0 aliphatic rings. The standard InChI is InChI=1S/C16H21NO3.C12H8F2N2O2/c1-5-10-20-15-7-6-13(8-9-16(2,3)19)11-14(15)17(4)12-18;13-7-1-2-11(9(14)5-7)18-8-3-4-16-10(6-8)12(15)17/h6-7,11-12,19H,5,10H2,1-4H3;1-6H,(H2,15,17). The third-order valence-electron chi connectivity index (χ3n) is 4.58. The number of ether oxygens (including phenoxy) is 2. The molecule has 0 bridgehead atoms. The summed E-state index contributed by atoms with van der Waals surface area (Å²) in [4.78, 5) is 27.0. The van der Waals surface area contributed by atoms with Crippen LogP contribution >= 0.6 is 0 Å². The zero-order valence-corrected chi connectivity index (χ0v) is 21.5. The van der Waals surface area contributed by atoms with E-state index in [4.69, 9.17) is 15.2 Å². The third-order valence-corrected chi connectivity index (χ3v) is 4.58. The highest BCUT2D eigenvalue weighted by atomic mass is 19.1. The van der Waals surface area contributed by atoms with Gasteiger partial charge in [-0.2, -0.15) is 0 Å². The van der Waals surface area contributed by atoms with Crippen molar-refractivity contribution in [3.8, 4) is 29.1 Å². The van der Waals surface area contributed by atoms with Gasteiger partial charge in [0.15, 0.2) is 11.6 Å². The summed E-state index contributed by atoms with van der Waals surface area (Å²) >= 11 is 0. The number of benzene rings is 2. The zero-order chi connectivity index (χ0) is 28.3. The van der Waals surface area contributed by atoms with Crippen molar-refractivity contribution in [1.82, 2.24) is 4.98 Å². The second kappa shape index (κ2) is 13.7. The lowest BCUT2D eigenvalue weighted by Gasteiger charge is -2.16. The highest BCUT2D eigenvalue weighted by molar-refractivity contribution is 5.91. The summed E-state index contributed by atoms with van der Waals surface area (Å²) in [5.74, 6) is 4.05. The predicted octanol–water partition coefficient (Wildman–Crippen LogP) is 4.44. The van der Waals surface area contributed by atoms with Crippen LogP contribution in [-0.4, -0.2) is 41.7 Å². The Labute approximate surface area is 220 Å². The van der Waals surface area contributed by atoms with E-state index in [0.29, 0.717) is 24.1 Å². The van der Waals surface area contributed by atoms with E-state index < -0.39 is 23.1 Å². The Morgan fingerprint density at radius 1 is 1.16 bits per heavy atom. The summed E-state index contributed by atoms with van der Waals surface area (Å²) in [6.45, 7) is 5.86. The van der Waals surface area contributed by atoms with Crippen LogP contribution in [0.4, 0.5) is 14.5 Å². The molecule has 200 valence electrons. The van der Waals surface area contributed by atoms with Crippen LogP contribution < -0.4 is 20.1 Å². The molecule has 2 amide bonds. The average Bonchev–Trinajstić information content (AvgIpc) is 2.87. The number of nitrogens with zero attached hydrogens (tertiary/aromatic N) is 2. The van der Waals surface area contributed by atoms with Crippen molar-refractivity contribution in [2.24, 2.45) is 5.73 Å². The molecule has 3 N–H and O–H groups in total. The van der Waals surface area contributed by atoms with Gasteiger partial charge in [0, 0.05) is 30.9 Å². The van der Waals surface area contributed by atoms with E-state index in [9.17, 15) is 23.5 Å². The minimum Gasteiger partial charge on any atom is -0.491 e. The third kappa shape index (κ3) is 9.52. The summed E-state index contributed by atoms with van der Waals surface area (Å²) < 4.78 is 36.8. The normalized spacial score (nSPS) is 10.3. The van der Waals surface area contributed by atoms with Gasteiger partial charge in [0.05, 0.1) is 12.3 Å². The second-order valence-electron chi connectivity index (χ2n) is 8.47. The Kier molecular flexibility index (Phi) is 10.7. The first-order valence-corrected chi connectivity index (χ1v) is 11.5. The van der Waals surface area contributed by atoms with Gasteiger partial charge >= 0.3 is 0 Å². The Hall–Kier alpha value is -4.49. The summed E-state index contributed by atoms with van der Waals surface area (Å²) in [5.41, 5.74) is 5.38. The van der Waals surface area contributed by atoms with Gasteiger partial charge in [-0.3, -0.25) is 14.6 Å². The number of anilines is 1. The molecule has 0 fully saturated rings. The topological polar surface area (TPSA) is 115 Å². The van der Waals surface area contributed by atoms with Crippen LogP contribution in [0.3, 0.4) is 0 Å². The molecular weight excluding hydrogens is 496 g/mol. The lowest BCUT2D eigenvalue weighted by molar-refractivity contribution is -0.107. The molecule has 10 heteroatoms. The molecule has 1 heterocycles. The number of carbonyl (C=O) groups excluding carboxylic acids is 2. The van der Waals surface area contributed by atoms with Crippen molar-refractivity contribution in [1.29, 1.82) is 0 Å². The summed E-state index contributed by atoms with van der Waals surface area (Å²) in [5, 5.41) is 9.61. The van der Waals surface area contributed by atoms with Crippen molar-refractivity contribution in [2.45, 2.75) is 32.8 Å². The Morgan fingerprint density at radius 2 is 1.87 bits per heavy atom. The minimum absolute atomic E-state index is 0.00461. The molecule has 0 aliphatic carbocycles. The highest BCUT2D eigenvalue weighted by Crippen LogP contribution is 2.28. The van der Waals surface area contributed by atoms with Crippen molar-refractivity contribution in [3.05, 3.63) is 77.6 Å². The van der Waals surface area contributed by atoms with Crippen molar-refractivity contribution in [2.75, 3.05) is 18.6 Å². The second-order valence-corrected chi connectivity index (χ2v) is 8.47. The maximum absolute atomic E-state index is 13.3. The molecule has 0 unspecified atom stereocenters. The number of hydrogen-bond donors (Lipinski definition) is 2. The number of nitrogens with two attached hydrogens (primary N) is 1. The molecule has 0 saturated carbocycles. The first-order chi connectivity index (χ1) is 17.9. The molecule has 0 spiro atoms. The average molecular weight is 526 g/mol. The Bertz CT molecular complexity index is 1330. The fraction of sp³-hybridized carbons (Fsp3) is 0.250. The first kappa shape index (κ1) is 29.7. The molecule has 1 aromatic heterocycles.